The number of aromatic nitrogens is 1. The van der Waals surface area contributed by atoms with Crippen LogP contribution < -0.4 is 10.9 Å². The Hall–Kier alpha value is -2.68. The van der Waals surface area contributed by atoms with Gasteiger partial charge in [0.2, 0.25) is 0 Å². The van der Waals surface area contributed by atoms with Crippen LogP contribution in [0.3, 0.4) is 0 Å². The summed E-state index contributed by atoms with van der Waals surface area (Å²) in [5, 5.41) is 6.16. The molecular formula is C24H28N4O3S. The first-order chi connectivity index (χ1) is 15.1. The van der Waals surface area contributed by atoms with Crippen molar-refractivity contribution in [1.82, 2.24) is 9.29 Å². The van der Waals surface area contributed by atoms with Crippen molar-refractivity contribution in [2.24, 2.45) is 11.1 Å². The highest BCUT2D eigenvalue weighted by Crippen LogP contribution is 2.44. The van der Waals surface area contributed by atoms with E-state index in [-0.39, 0.29) is 11.2 Å². The third-order valence-electron chi connectivity index (χ3n) is 7.13. The van der Waals surface area contributed by atoms with E-state index in [4.69, 9.17) is 10.9 Å². The maximum atomic E-state index is 13.5. The molecule has 1 fully saturated rings. The van der Waals surface area contributed by atoms with E-state index >= 15 is 0 Å². The molecule has 168 valence electrons. The molecule has 8 heteroatoms. The van der Waals surface area contributed by atoms with E-state index < -0.39 is 10.2 Å². The normalized spacial score (nSPS) is 19.2. The van der Waals surface area contributed by atoms with Crippen LogP contribution in [0.25, 0.3) is 10.9 Å². The predicted molar refractivity (Wildman–Crippen MR) is 126 cm³/mol. The molecule has 2 aromatic carbocycles. The number of H-pyrrole nitrogens is 1. The number of hydrogen-bond acceptors (Lipinski definition) is 4. The Balaban J connectivity index is 1.47. The molecule has 0 spiro atoms. The van der Waals surface area contributed by atoms with E-state index in [1.54, 1.807) is 0 Å². The van der Waals surface area contributed by atoms with E-state index in [2.05, 4.69) is 24.9 Å². The minimum atomic E-state index is -3.61. The number of nitrogens with two attached hydrogens (primary N) is 2. The number of nitrogen functional groups attached to an aromatic ring is 1. The number of piperidine rings is 1. The van der Waals surface area contributed by atoms with Gasteiger partial charge in [0.1, 0.15) is 0 Å². The minimum Gasteiger partial charge on any atom is -0.399 e. The third-order valence-corrected chi connectivity index (χ3v) is 8.22. The van der Waals surface area contributed by atoms with Gasteiger partial charge in [-0.25, -0.2) is 5.14 Å². The lowest BCUT2D eigenvalue weighted by Crippen LogP contribution is -2.42. The van der Waals surface area contributed by atoms with Crippen LogP contribution in [0.15, 0.2) is 36.4 Å². The maximum Gasteiger partial charge on any atom is 0.276 e. The second kappa shape index (κ2) is 7.16. The van der Waals surface area contributed by atoms with Gasteiger partial charge in [0.05, 0.1) is 5.56 Å². The minimum absolute atomic E-state index is 0.0401. The summed E-state index contributed by atoms with van der Waals surface area (Å²) in [5.74, 6) is 0.429. The zero-order chi connectivity index (χ0) is 22.8. The van der Waals surface area contributed by atoms with Gasteiger partial charge in [-0.15, -0.1) is 0 Å². The number of carbonyl (C=O) groups excluding carboxylic acids is 1. The Kier molecular flexibility index (Phi) is 4.74. The van der Waals surface area contributed by atoms with Gasteiger partial charge in [0, 0.05) is 46.4 Å². The van der Waals surface area contributed by atoms with E-state index in [0.29, 0.717) is 24.7 Å². The molecule has 7 nitrogen and oxygen atoms in total. The Morgan fingerprint density at radius 3 is 2.53 bits per heavy atom. The van der Waals surface area contributed by atoms with Gasteiger partial charge in [-0.3, -0.25) is 4.79 Å². The lowest BCUT2D eigenvalue weighted by molar-refractivity contribution is 0.103. The number of fused-ring (bicyclic) bond motifs is 4. The smallest absolute Gasteiger partial charge is 0.276 e. The fourth-order valence-corrected chi connectivity index (χ4v) is 6.04. The number of nitrogens with one attached hydrogen (secondary N) is 1. The maximum absolute atomic E-state index is 13.5. The number of ketones is 1. The van der Waals surface area contributed by atoms with Gasteiger partial charge < -0.3 is 10.7 Å². The molecule has 0 bridgehead atoms. The molecule has 0 radical (unpaired) electrons. The SMILES string of the molecule is CC1(C)c2cc(CC3CCN(S(N)(=O)=O)CC3)ccc2C(=O)c2c1[nH]c1cc(N)ccc21. The third kappa shape index (κ3) is 3.34. The molecule has 1 aromatic heterocycles. The Morgan fingerprint density at radius 2 is 1.84 bits per heavy atom. The van der Waals surface area contributed by atoms with Gasteiger partial charge in [-0.2, -0.15) is 12.7 Å². The van der Waals surface area contributed by atoms with Crippen molar-refractivity contribution in [3.05, 3.63) is 64.3 Å². The summed E-state index contributed by atoms with van der Waals surface area (Å²) in [7, 11) is -3.61. The van der Waals surface area contributed by atoms with Crippen LogP contribution in [0.4, 0.5) is 5.69 Å². The second-order valence-electron chi connectivity index (χ2n) is 9.61. The first-order valence-electron chi connectivity index (χ1n) is 10.9. The quantitative estimate of drug-likeness (QED) is 0.529. The molecule has 1 saturated heterocycles. The van der Waals surface area contributed by atoms with Crippen LogP contribution in [0.1, 0.15) is 59.4 Å². The van der Waals surface area contributed by atoms with Crippen molar-refractivity contribution in [1.29, 1.82) is 0 Å². The van der Waals surface area contributed by atoms with E-state index in [1.165, 1.54) is 9.87 Å². The lowest BCUT2D eigenvalue weighted by atomic mass is 9.70. The molecule has 0 unspecified atom stereocenters. The Labute approximate surface area is 188 Å². The first-order valence-corrected chi connectivity index (χ1v) is 12.4. The van der Waals surface area contributed by atoms with Crippen molar-refractivity contribution in [2.45, 2.75) is 38.5 Å². The fraction of sp³-hybridized carbons (Fsp3) is 0.375. The molecule has 5 rings (SSSR count). The summed E-state index contributed by atoms with van der Waals surface area (Å²) in [6.07, 6.45) is 2.42. The van der Waals surface area contributed by atoms with Crippen LogP contribution in [0.5, 0.6) is 0 Å². The number of benzene rings is 2. The molecule has 1 aliphatic heterocycles. The van der Waals surface area contributed by atoms with Gasteiger partial charge >= 0.3 is 0 Å². The fourth-order valence-electron chi connectivity index (χ4n) is 5.32. The summed E-state index contributed by atoms with van der Waals surface area (Å²) in [6.45, 7) is 5.20. The van der Waals surface area contributed by atoms with E-state index in [1.807, 2.05) is 30.3 Å². The number of rotatable bonds is 3. The topological polar surface area (TPSA) is 122 Å². The molecule has 5 N–H and O–H groups in total. The number of carbonyl (C=O) groups is 1. The highest BCUT2D eigenvalue weighted by Gasteiger charge is 2.39. The monoisotopic (exact) mass is 452 g/mol. The Bertz CT molecular complexity index is 1350. The zero-order valence-corrected chi connectivity index (χ0v) is 19.1. The Morgan fingerprint density at radius 1 is 1.12 bits per heavy atom. The van der Waals surface area contributed by atoms with Crippen LogP contribution in [0.2, 0.25) is 0 Å². The first kappa shape index (κ1) is 21.2. The van der Waals surface area contributed by atoms with Crippen molar-refractivity contribution in [3.63, 3.8) is 0 Å². The molecule has 2 aliphatic rings. The average molecular weight is 453 g/mol. The molecule has 1 aliphatic carbocycles. The predicted octanol–water partition coefficient (Wildman–Crippen LogP) is 3.08. The number of anilines is 1. The summed E-state index contributed by atoms with van der Waals surface area (Å²) >= 11 is 0. The second-order valence-corrected chi connectivity index (χ2v) is 11.2. The number of hydrogen-bond donors (Lipinski definition) is 3. The molecular weight excluding hydrogens is 424 g/mol. The van der Waals surface area contributed by atoms with Crippen molar-refractivity contribution >= 4 is 32.6 Å². The highest BCUT2D eigenvalue weighted by atomic mass is 32.2. The van der Waals surface area contributed by atoms with Gasteiger partial charge in [-0.05, 0) is 48.4 Å². The molecule has 32 heavy (non-hydrogen) atoms. The van der Waals surface area contributed by atoms with Gasteiger partial charge in [0.15, 0.2) is 5.78 Å². The van der Waals surface area contributed by atoms with E-state index in [0.717, 1.165) is 52.5 Å². The van der Waals surface area contributed by atoms with Gasteiger partial charge in [0.25, 0.3) is 10.2 Å². The van der Waals surface area contributed by atoms with Crippen LogP contribution in [0, 0.1) is 5.92 Å². The molecule has 3 aromatic rings. The summed E-state index contributed by atoms with van der Waals surface area (Å²) < 4.78 is 24.5. The average Bonchev–Trinajstić information content (AvgIpc) is 3.12. The van der Waals surface area contributed by atoms with Crippen molar-refractivity contribution in [3.8, 4) is 0 Å². The highest BCUT2D eigenvalue weighted by molar-refractivity contribution is 7.86. The van der Waals surface area contributed by atoms with Crippen LogP contribution >= 0.6 is 0 Å². The zero-order valence-electron chi connectivity index (χ0n) is 18.3. The lowest BCUT2D eigenvalue weighted by Gasteiger charge is -2.33. The molecule has 0 atom stereocenters. The van der Waals surface area contributed by atoms with Crippen molar-refractivity contribution < 1.29 is 13.2 Å². The standard InChI is InChI=1S/C24H28N4O3S/c1-24(2)19-12-15(11-14-7-9-28(10-8-14)32(26,30)31)3-5-17(19)22(29)21-18-6-4-16(25)13-20(18)27-23(21)24/h3-6,12-14,27H,7-11,25H2,1-2H3,(H2,26,30,31). The largest absolute Gasteiger partial charge is 0.399 e. The van der Waals surface area contributed by atoms with Gasteiger partial charge in [-0.1, -0.05) is 38.1 Å². The molecule has 0 amide bonds. The molecule has 0 saturated carbocycles. The number of nitrogens with zero attached hydrogens (tertiary/aromatic N) is 1. The van der Waals surface area contributed by atoms with E-state index in [9.17, 15) is 13.2 Å². The summed E-state index contributed by atoms with van der Waals surface area (Å²) in [6, 6.07) is 11.8. The molecule has 2 heterocycles. The number of aromatic amines is 1. The van der Waals surface area contributed by atoms with Crippen molar-refractivity contribution in [2.75, 3.05) is 18.8 Å². The van der Waals surface area contributed by atoms with Crippen LogP contribution in [-0.4, -0.2) is 36.6 Å². The van der Waals surface area contributed by atoms with Crippen LogP contribution in [-0.2, 0) is 22.0 Å². The summed E-state index contributed by atoms with van der Waals surface area (Å²) in [4.78, 5) is 16.9. The summed E-state index contributed by atoms with van der Waals surface area (Å²) in [5.41, 5.74) is 11.7.